The molecule has 0 spiro atoms. The smallest absolute Gasteiger partial charge is 0.407 e. The number of amides is 1. The number of nitrogens with zero attached hydrogens (tertiary/aromatic N) is 2. The second kappa shape index (κ2) is 7.36. The standard InChI is InChI=1S/C19H23N5O2S/c1-19(6-7-19)24-18(25)26-15-8-12(9-15)13-10-21-17(22-11-13)23-14-2-4-16(27-20)5-3-14/h2-5,10-12,15H,6-9,20H2,1H3,(H,24,25)(H,21,22,23). The molecular formula is C19H23N5O2S. The molecule has 1 amide bonds. The molecule has 0 bridgehead atoms. The van der Waals surface area contributed by atoms with Gasteiger partial charge in [0.15, 0.2) is 0 Å². The average Bonchev–Trinajstić information content (AvgIpc) is 3.36. The molecule has 0 unspecified atom stereocenters. The Morgan fingerprint density at radius 2 is 1.89 bits per heavy atom. The van der Waals surface area contributed by atoms with Gasteiger partial charge in [0.05, 0.1) is 0 Å². The molecule has 1 aromatic carbocycles. The summed E-state index contributed by atoms with van der Waals surface area (Å²) < 4.78 is 5.46. The van der Waals surface area contributed by atoms with Gasteiger partial charge in [-0.1, -0.05) is 0 Å². The lowest BCUT2D eigenvalue weighted by atomic mass is 9.78. The van der Waals surface area contributed by atoms with Crippen molar-refractivity contribution < 1.29 is 9.53 Å². The molecule has 1 heterocycles. The van der Waals surface area contributed by atoms with Crippen molar-refractivity contribution in [1.29, 1.82) is 0 Å². The number of nitrogens with two attached hydrogens (primary N) is 1. The van der Waals surface area contributed by atoms with Gasteiger partial charge in [-0.2, -0.15) is 0 Å². The molecule has 0 atom stereocenters. The molecule has 1 aromatic heterocycles. The summed E-state index contributed by atoms with van der Waals surface area (Å²) in [5.41, 5.74) is 1.94. The zero-order chi connectivity index (χ0) is 18.9. The van der Waals surface area contributed by atoms with E-state index in [4.69, 9.17) is 9.88 Å². The molecule has 27 heavy (non-hydrogen) atoms. The van der Waals surface area contributed by atoms with Gasteiger partial charge in [0, 0.05) is 28.5 Å². The minimum atomic E-state index is -0.298. The highest BCUT2D eigenvalue weighted by atomic mass is 32.2. The van der Waals surface area contributed by atoms with Crippen molar-refractivity contribution in [2.45, 2.75) is 55.1 Å². The quantitative estimate of drug-likeness (QED) is 0.651. The maximum atomic E-state index is 11.8. The van der Waals surface area contributed by atoms with Gasteiger partial charge in [-0.3, -0.25) is 5.14 Å². The minimum absolute atomic E-state index is 0.0194. The maximum Gasteiger partial charge on any atom is 0.407 e. The third-order valence-corrected chi connectivity index (χ3v) is 5.71. The van der Waals surface area contributed by atoms with Gasteiger partial charge in [-0.15, -0.1) is 0 Å². The summed E-state index contributed by atoms with van der Waals surface area (Å²) in [7, 11) is 0. The van der Waals surface area contributed by atoms with E-state index in [1.807, 2.05) is 43.6 Å². The fourth-order valence-electron chi connectivity index (χ4n) is 3.03. The van der Waals surface area contributed by atoms with Gasteiger partial charge < -0.3 is 15.4 Å². The van der Waals surface area contributed by atoms with E-state index in [1.165, 1.54) is 11.9 Å². The zero-order valence-corrected chi connectivity index (χ0v) is 16.0. The van der Waals surface area contributed by atoms with Crippen LogP contribution >= 0.6 is 11.9 Å². The van der Waals surface area contributed by atoms with Crippen LogP contribution in [0.5, 0.6) is 0 Å². The molecule has 8 heteroatoms. The van der Waals surface area contributed by atoms with Crippen LogP contribution in [0.25, 0.3) is 0 Å². The monoisotopic (exact) mass is 385 g/mol. The van der Waals surface area contributed by atoms with Gasteiger partial charge in [0.2, 0.25) is 5.95 Å². The Bertz CT molecular complexity index is 802. The summed E-state index contributed by atoms with van der Waals surface area (Å²) in [5.74, 6) is 0.894. The number of ether oxygens (including phenoxy) is 1. The molecule has 2 aromatic rings. The first-order valence-electron chi connectivity index (χ1n) is 9.07. The lowest BCUT2D eigenvalue weighted by Gasteiger charge is -2.34. The van der Waals surface area contributed by atoms with E-state index in [1.54, 1.807) is 0 Å². The number of aromatic nitrogens is 2. The Kier molecular flexibility index (Phi) is 4.92. The molecule has 2 aliphatic rings. The van der Waals surface area contributed by atoms with Gasteiger partial charge in [-0.05, 0) is 80.3 Å². The van der Waals surface area contributed by atoms with Gasteiger partial charge >= 0.3 is 6.09 Å². The number of alkyl carbamates (subject to hydrolysis) is 1. The topological polar surface area (TPSA) is 102 Å². The van der Waals surface area contributed by atoms with Crippen LogP contribution in [0.1, 0.15) is 44.1 Å². The summed E-state index contributed by atoms with van der Waals surface area (Å²) in [6.07, 6.45) is 7.06. The Balaban J connectivity index is 1.25. The van der Waals surface area contributed by atoms with E-state index < -0.39 is 0 Å². The first-order valence-corrected chi connectivity index (χ1v) is 9.95. The Labute approximate surface area is 162 Å². The number of hydrogen-bond donors (Lipinski definition) is 3. The van der Waals surface area contributed by atoms with E-state index in [2.05, 4.69) is 20.6 Å². The lowest BCUT2D eigenvalue weighted by molar-refractivity contribution is 0.0373. The first-order chi connectivity index (χ1) is 13.0. The van der Waals surface area contributed by atoms with Gasteiger partial charge in [-0.25, -0.2) is 14.8 Å². The second-order valence-corrected chi connectivity index (χ2v) is 8.20. The van der Waals surface area contributed by atoms with Crippen LogP contribution in [0, 0.1) is 0 Å². The number of rotatable bonds is 6. The highest BCUT2D eigenvalue weighted by molar-refractivity contribution is 7.97. The fraction of sp³-hybridized carbons (Fsp3) is 0.421. The van der Waals surface area contributed by atoms with E-state index >= 15 is 0 Å². The van der Waals surface area contributed by atoms with Crippen molar-refractivity contribution in [3.63, 3.8) is 0 Å². The number of anilines is 2. The average molecular weight is 385 g/mol. The predicted molar refractivity (Wildman–Crippen MR) is 105 cm³/mol. The number of carbonyl (C=O) groups is 1. The third-order valence-electron chi connectivity index (χ3n) is 5.16. The number of nitrogens with one attached hydrogen (secondary N) is 2. The fourth-order valence-corrected chi connectivity index (χ4v) is 3.33. The lowest BCUT2D eigenvalue weighted by Crippen LogP contribution is -2.40. The van der Waals surface area contributed by atoms with Crippen LogP contribution in [-0.2, 0) is 4.74 Å². The minimum Gasteiger partial charge on any atom is -0.446 e. The summed E-state index contributed by atoms with van der Waals surface area (Å²) >= 11 is 1.21. The molecule has 0 radical (unpaired) electrons. The molecule has 142 valence electrons. The molecule has 4 N–H and O–H groups in total. The highest BCUT2D eigenvalue weighted by Crippen LogP contribution is 2.39. The van der Waals surface area contributed by atoms with E-state index in [9.17, 15) is 4.79 Å². The molecule has 2 aliphatic carbocycles. The zero-order valence-electron chi connectivity index (χ0n) is 15.1. The molecule has 4 rings (SSSR count). The van der Waals surface area contributed by atoms with Crippen molar-refractivity contribution in [3.8, 4) is 0 Å². The van der Waals surface area contributed by atoms with Crippen LogP contribution in [0.15, 0.2) is 41.6 Å². The molecule has 0 saturated heterocycles. The summed E-state index contributed by atoms with van der Waals surface area (Å²) in [4.78, 5) is 21.6. The van der Waals surface area contributed by atoms with Crippen molar-refractivity contribution in [2.75, 3.05) is 5.32 Å². The molecule has 7 nitrogen and oxygen atoms in total. The molecule has 0 aliphatic heterocycles. The molecular weight excluding hydrogens is 362 g/mol. The Morgan fingerprint density at radius 1 is 1.22 bits per heavy atom. The van der Waals surface area contributed by atoms with E-state index in [0.717, 1.165) is 41.8 Å². The van der Waals surface area contributed by atoms with Crippen molar-refractivity contribution in [2.24, 2.45) is 5.14 Å². The number of carbonyl (C=O) groups excluding carboxylic acids is 1. The largest absolute Gasteiger partial charge is 0.446 e. The molecule has 2 fully saturated rings. The number of benzene rings is 1. The van der Waals surface area contributed by atoms with Crippen molar-refractivity contribution >= 4 is 29.7 Å². The van der Waals surface area contributed by atoms with Crippen LogP contribution in [0.2, 0.25) is 0 Å². The highest BCUT2D eigenvalue weighted by Gasteiger charge is 2.41. The number of hydrogen-bond acceptors (Lipinski definition) is 7. The van der Waals surface area contributed by atoms with Crippen molar-refractivity contribution in [1.82, 2.24) is 15.3 Å². The van der Waals surface area contributed by atoms with Gasteiger partial charge in [0.1, 0.15) is 6.10 Å². The van der Waals surface area contributed by atoms with E-state index in [-0.39, 0.29) is 17.7 Å². The SMILES string of the molecule is CC1(NC(=O)OC2CC(c3cnc(Nc4ccc(SN)cc4)nc3)C2)CC1. The van der Waals surface area contributed by atoms with Crippen LogP contribution in [0.3, 0.4) is 0 Å². The van der Waals surface area contributed by atoms with Crippen molar-refractivity contribution in [3.05, 3.63) is 42.2 Å². The Morgan fingerprint density at radius 3 is 2.48 bits per heavy atom. The molecule has 2 saturated carbocycles. The summed E-state index contributed by atoms with van der Waals surface area (Å²) in [5, 5.41) is 11.6. The summed E-state index contributed by atoms with van der Waals surface area (Å²) in [6, 6.07) is 7.76. The Hall–Kier alpha value is -2.32. The normalized spacial score (nSPS) is 22.4. The summed E-state index contributed by atoms with van der Waals surface area (Å²) in [6.45, 7) is 2.04. The van der Waals surface area contributed by atoms with Crippen LogP contribution < -0.4 is 15.8 Å². The maximum absolute atomic E-state index is 11.8. The predicted octanol–water partition coefficient (Wildman–Crippen LogP) is 3.71. The van der Waals surface area contributed by atoms with E-state index in [0.29, 0.717) is 11.9 Å². The van der Waals surface area contributed by atoms with Crippen LogP contribution in [0.4, 0.5) is 16.4 Å². The van der Waals surface area contributed by atoms with Crippen LogP contribution in [-0.4, -0.2) is 27.7 Å². The second-order valence-electron chi connectivity index (χ2n) is 7.49. The third kappa shape index (κ3) is 4.51. The van der Waals surface area contributed by atoms with Gasteiger partial charge in [0.25, 0.3) is 0 Å². The first kappa shape index (κ1) is 18.1.